The molecule has 0 amide bonds. The number of ether oxygens (including phenoxy) is 3. The van der Waals surface area contributed by atoms with Gasteiger partial charge in [0.05, 0.1) is 31.9 Å². The number of benzene rings is 2. The molecule has 26 heavy (non-hydrogen) atoms. The molecular weight excluding hydrogens is 334 g/mol. The number of carbonyl (C=O) groups excluding carboxylic acids is 2. The minimum absolute atomic E-state index is 0.253. The van der Waals surface area contributed by atoms with Crippen molar-refractivity contribution in [3.63, 3.8) is 0 Å². The molecule has 0 aliphatic carbocycles. The van der Waals surface area contributed by atoms with E-state index in [4.69, 9.17) is 9.47 Å². The summed E-state index contributed by atoms with van der Waals surface area (Å²) in [5.41, 5.74) is 1.78. The number of hydrogen-bond acceptors (Lipinski definition) is 6. The van der Waals surface area contributed by atoms with E-state index in [2.05, 4.69) is 9.64 Å². The molecule has 138 valence electrons. The van der Waals surface area contributed by atoms with Gasteiger partial charge in [-0.2, -0.15) is 0 Å². The Kier molecular flexibility index (Phi) is 7.02. The third-order valence-corrected chi connectivity index (χ3v) is 3.94. The maximum absolute atomic E-state index is 12.1. The van der Waals surface area contributed by atoms with Crippen LogP contribution in [0.5, 0.6) is 5.75 Å². The number of rotatable bonds is 8. The van der Waals surface area contributed by atoms with Crippen molar-refractivity contribution in [2.24, 2.45) is 0 Å². The molecule has 2 aromatic carbocycles. The Morgan fingerprint density at radius 3 is 2.19 bits per heavy atom. The van der Waals surface area contributed by atoms with Gasteiger partial charge in [0.15, 0.2) is 0 Å². The average Bonchev–Trinajstić information content (AvgIpc) is 2.70. The minimum atomic E-state index is -0.443. The Hall–Kier alpha value is -3.02. The van der Waals surface area contributed by atoms with E-state index in [1.165, 1.54) is 19.2 Å². The highest BCUT2D eigenvalue weighted by Gasteiger charge is 2.11. The van der Waals surface area contributed by atoms with E-state index in [0.717, 1.165) is 18.0 Å². The van der Waals surface area contributed by atoms with Crippen molar-refractivity contribution in [3.8, 4) is 5.75 Å². The molecule has 2 rings (SSSR count). The van der Waals surface area contributed by atoms with Crippen LogP contribution in [0.25, 0.3) is 0 Å². The second-order valence-corrected chi connectivity index (χ2v) is 5.49. The van der Waals surface area contributed by atoms with Crippen molar-refractivity contribution in [1.82, 2.24) is 0 Å². The molecule has 0 aliphatic heterocycles. The molecule has 0 radical (unpaired) electrons. The smallest absolute Gasteiger partial charge is 0.338 e. The van der Waals surface area contributed by atoms with Crippen LogP contribution in [0.2, 0.25) is 0 Å². The lowest BCUT2D eigenvalue weighted by molar-refractivity contribution is 0.0513. The van der Waals surface area contributed by atoms with E-state index in [1.807, 2.05) is 31.2 Å². The molecule has 0 saturated heterocycles. The van der Waals surface area contributed by atoms with Crippen LogP contribution in [0.4, 0.5) is 5.69 Å². The van der Waals surface area contributed by atoms with Crippen LogP contribution < -0.4 is 9.64 Å². The standard InChI is InChI=1S/C20H23NO5/c1-4-21(17-6-5-7-18(14-17)24-2)12-13-26-20(23)16-10-8-15(9-11-16)19(22)25-3/h5-11,14H,4,12-13H2,1-3H3. The van der Waals surface area contributed by atoms with E-state index < -0.39 is 11.9 Å². The van der Waals surface area contributed by atoms with Crippen molar-refractivity contribution in [2.75, 3.05) is 38.8 Å². The Morgan fingerprint density at radius 2 is 1.62 bits per heavy atom. The van der Waals surface area contributed by atoms with Gasteiger partial charge in [-0.25, -0.2) is 9.59 Å². The maximum Gasteiger partial charge on any atom is 0.338 e. The summed E-state index contributed by atoms with van der Waals surface area (Å²) in [5.74, 6) is -0.0893. The molecule has 0 saturated carbocycles. The number of methoxy groups -OCH3 is 2. The second-order valence-electron chi connectivity index (χ2n) is 5.49. The lowest BCUT2D eigenvalue weighted by Gasteiger charge is -2.23. The molecule has 0 N–H and O–H groups in total. The monoisotopic (exact) mass is 357 g/mol. The van der Waals surface area contributed by atoms with E-state index >= 15 is 0 Å². The molecule has 0 atom stereocenters. The van der Waals surface area contributed by atoms with Crippen LogP contribution in [-0.4, -0.2) is 45.9 Å². The van der Waals surface area contributed by atoms with Gasteiger partial charge in [-0.1, -0.05) is 6.07 Å². The Morgan fingerprint density at radius 1 is 0.962 bits per heavy atom. The number of carbonyl (C=O) groups is 2. The van der Waals surface area contributed by atoms with Crippen molar-refractivity contribution >= 4 is 17.6 Å². The lowest BCUT2D eigenvalue weighted by atomic mass is 10.1. The van der Waals surface area contributed by atoms with E-state index in [0.29, 0.717) is 17.7 Å². The summed E-state index contributed by atoms with van der Waals surface area (Å²) in [5, 5.41) is 0. The van der Waals surface area contributed by atoms with Gasteiger partial charge < -0.3 is 19.1 Å². The van der Waals surface area contributed by atoms with E-state index in [1.54, 1.807) is 19.2 Å². The normalized spacial score (nSPS) is 10.1. The third kappa shape index (κ3) is 4.99. The fraction of sp³-hybridized carbons (Fsp3) is 0.300. The topological polar surface area (TPSA) is 65.1 Å². The summed E-state index contributed by atoms with van der Waals surface area (Å²) in [6.45, 7) is 3.63. The van der Waals surface area contributed by atoms with Gasteiger partial charge in [-0.3, -0.25) is 0 Å². The number of hydrogen-bond donors (Lipinski definition) is 0. The highest BCUT2D eigenvalue weighted by atomic mass is 16.5. The van der Waals surface area contributed by atoms with Crippen molar-refractivity contribution in [1.29, 1.82) is 0 Å². The average molecular weight is 357 g/mol. The highest BCUT2D eigenvalue weighted by molar-refractivity contribution is 5.93. The van der Waals surface area contributed by atoms with Gasteiger partial charge >= 0.3 is 11.9 Å². The molecule has 6 nitrogen and oxygen atoms in total. The summed E-state index contributed by atoms with van der Waals surface area (Å²) in [7, 11) is 2.94. The first kappa shape index (κ1) is 19.3. The zero-order valence-electron chi connectivity index (χ0n) is 15.2. The van der Waals surface area contributed by atoms with Crippen LogP contribution in [0.15, 0.2) is 48.5 Å². The molecule has 0 unspecified atom stereocenters. The van der Waals surface area contributed by atoms with E-state index in [9.17, 15) is 9.59 Å². The second kappa shape index (κ2) is 9.46. The lowest BCUT2D eigenvalue weighted by Crippen LogP contribution is -2.28. The first-order valence-corrected chi connectivity index (χ1v) is 8.33. The molecule has 6 heteroatoms. The van der Waals surface area contributed by atoms with Gasteiger partial charge in [0.1, 0.15) is 12.4 Å². The molecule has 0 aliphatic rings. The number of nitrogens with zero attached hydrogens (tertiary/aromatic N) is 1. The predicted molar refractivity (Wildman–Crippen MR) is 98.9 cm³/mol. The zero-order chi connectivity index (χ0) is 18.9. The van der Waals surface area contributed by atoms with Gasteiger partial charge in [0.25, 0.3) is 0 Å². The fourth-order valence-corrected chi connectivity index (χ4v) is 2.47. The SMILES string of the molecule is CCN(CCOC(=O)c1ccc(C(=O)OC)cc1)c1cccc(OC)c1. The number of anilines is 1. The first-order valence-electron chi connectivity index (χ1n) is 8.33. The molecular formula is C20H23NO5. The van der Waals surface area contributed by atoms with Crippen LogP contribution in [0.3, 0.4) is 0 Å². The zero-order valence-corrected chi connectivity index (χ0v) is 15.2. The summed E-state index contributed by atoms with van der Waals surface area (Å²) in [4.78, 5) is 25.6. The minimum Gasteiger partial charge on any atom is -0.497 e. The number of likely N-dealkylation sites (N-methyl/N-ethyl adjacent to an activating group) is 1. The van der Waals surface area contributed by atoms with Crippen molar-refractivity contribution < 1.29 is 23.8 Å². The fourth-order valence-electron chi connectivity index (χ4n) is 2.47. The Balaban J connectivity index is 1.90. The van der Waals surface area contributed by atoms with Crippen molar-refractivity contribution in [2.45, 2.75) is 6.92 Å². The van der Waals surface area contributed by atoms with Gasteiger partial charge in [0, 0.05) is 18.3 Å². The van der Waals surface area contributed by atoms with Crippen molar-refractivity contribution in [3.05, 3.63) is 59.7 Å². The highest BCUT2D eigenvalue weighted by Crippen LogP contribution is 2.20. The van der Waals surface area contributed by atoms with Crippen LogP contribution in [0, 0.1) is 0 Å². The molecule has 0 spiro atoms. The molecule has 0 heterocycles. The van der Waals surface area contributed by atoms with E-state index in [-0.39, 0.29) is 6.61 Å². The summed E-state index contributed by atoms with van der Waals surface area (Å²) in [6, 6.07) is 13.9. The predicted octanol–water partition coefficient (Wildman–Crippen LogP) is 3.17. The summed E-state index contributed by atoms with van der Waals surface area (Å²) < 4.78 is 15.2. The van der Waals surface area contributed by atoms with Crippen LogP contribution in [-0.2, 0) is 9.47 Å². The Labute approximate surface area is 153 Å². The van der Waals surface area contributed by atoms with Gasteiger partial charge in [0.2, 0.25) is 0 Å². The largest absolute Gasteiger partial charge is 0.497 e. The van der Waals surface area contributed by atoms with Crippen LogP contribution >= 0.6 is 0 Å². The third-order valence-electron chi connectivity index (χ3n) is 3.94. The first-order chi connectivity index (χ1) is 12.6. The van der Waals surface area contributed by atoms with Crippen LogP contribution in [0.1, 0.15) is 27.6 Å². The summed E-state index contributed by atoms with van der Waals surface area (Å²) >= 11 is 0. The molecule has 0 fully saturated rings. The molecule has 2 aromatic rings. The molecule has 0 aromatic heterocycles. The van der Waals surface area contributed by atoms with Gasteiger partial charge in [-0.05, 0) is 43.3 Å². The Bertz CT molecular complexity index is 742. The van der Waals surface area contributed by atoms with Gasteiger partial charge in [-0.15, -0.1) is 0 Å². The maximum atomic E-state index is 12.1. The molecule has 0 bridgehead atoms. The number of esters is 2. The quantitative estimate of drug-likeness (QED) is 0.676. The summed E-state index contributed by atoms with van der Waals surface area (Å²) in [6.07, 6.45) is 0.